The van der Waals surface area contributed by atoms with Gasteiger partial charge in [-0.1, -0.05) is 121 Å². The fraction of sp³-hybridized carbons (Fsp3) is 0.104. The van der Waals surface area contributed by atoms with Crippen LogP contribution in [0.25, 0.3) is 21.8 Å². The van der Waals surface area contributed by atoms with Crippen LogP contribution >= 0.6 is 81.2 Å². The molecule has 4 N–H and O–H groups in total. The summed E-state index contributed by atoms with van der Waals surface area (Å²) in [6.07, 6.45) is 1.05. The maximum atomic E-state index is 13.2. The summed E-state index contributed by atoms with van der Waals surface area (Å²) in [7, 11) is 0. The number of nitrogens with one attached hydrogen (secondary N) is 2. The van der Waals surface area contributed by atoms with Gasteiger partial charge < -0.3 is 20.6 Å². The van der Waals surface area contributed by atoms with Crippen LogP contribution in [-0.2, 0) is 16.0 Å². The lowest BCUT2D eigenvalue weighted by molar-refractivity contribution is -0.126. The predicted octanol–water partition coefficient (Wildman–Crippen LogP) is 15.5. The largest absolute Gasteiger partial charge is 0.399 e. The standard InChI is InChI=1S/C23H15Cl3N2O.C9H6ClNO.C8H6Cl2O.C6H6ClN.2CH4/c24-15-4-1-13(2-5-15)21-22(20-11-14-3-6-17(26)12-19(14)27-20)28(23(21)29)18-9-7-16(25)8-10-18;10-7-2-1-6-3-8(5-12)11-9(6)4-7;9-7-3-1-6(2-4-7)5-8(10)11;7-5-1-3-6(8)4-2-5;;/h1-12,21-22,27H;1-5,11H;1-4H,5H2;1-4H,8H2;2*1H4. The van der Waals surface area contributed by atoms with E-state index < -0.39 is 0 Å². The van der Waals surface area contributed by atoms with Crippen molar-refractivity contribution >= 4 is 132 Å². The molecule has 0 spiro atoms. The number of nitrogens with zero attached hydrogens (tertiary/aromatic N) is 1. The number of aldehydes is 1. The monoisotopic (exact) mass is 966 g/mol. The molecule has 0 bridgehead atoms. The molecule has 1 aliphatic rings. The molecule has 1 fully saturated rings. The van der Waals surface area contributed by atoms with Gasteiger partial charge in [0.2, 0.25) is 11.1 Å². The van der Waals surface area contributed by atoms with Crippen LogP contribution in [0.3, 0.4) is 0 Å². The topological polar surface area (TPSA) is 112 Å². The molecule has 1 amide bonds. The maximum absolute atomic E-state index is 13.2. The van der Waals surface area contributed by atoms with Gasteiger partial charge in [0.15, 0.2) is 6.29 Å². The molecule has 1 aliphatic heterocycles. The number of β-lactam (4-membered cyclic amide) rings is 1. The molecule has 0 radical (unpaired) electrons. The molecule has 3 heterocycles. The average molecular weight is 970 g/mol. The van der Waals surface area contributed by atoms with E-state index in [9.17, 15) is 14.4 Å². The van der Waals surface area contributed by atoms with Crippen LogP contribution in [0.15, 0.2) is 146 Å². The van der Waals surface area contributed by atoms with E-state index in [0.29, 0.717) is 30.8 Å². The summed E-state index contributed by atoms with van der Waals surface area (Å²) in [6.45, 7) is 0. The molecule has 7 nitrogen and oxygen atoms in total. The summed E-state index contributed by atoms with van der Waals surface area (Å²) in [6, 6.07) is 43.8. The number of halogens is 7. The van der Waals surface area contributed by atoms with Crippen molar-refractivity contribution in [3.63, 3.8) is 0 Å². The molecule has 8 aromatic rings. The normalized spacial score (nSPS) is 13.7. The van der Waals surface area contributed by atoms with Crippen molar-refractivity contribution in [2.75, 3.05) is 10.6 Å². The molecule has 2 unspecified atom stereocenters. The quantitative estimate of drug-likeness (QED) is 0.0667. The van der Waals surface area contributed by atoms with Gasteiger partial charge in [-0.3, -0.25) is 14.4 Å². The van der Waals surface area contributed by atoms with Gasteiger partial charge in [-0.05, 0) is 137 Å². The highest BCUT2D eigenvalue weighted by Crippen LogP contribution is 2.49. The van der Waals surface area contributed by atoms with Crippen molar-refractivity contribution < 1.29 is 14.4 Å². The lowest BCUT2D eigenvalue weighted by atomic mass is 9.79. The molecular weight excluding hydrogens is 929 g/mol. The number of aromatic amines is 2. The van der Waals surface area contributed by atoms with Crippen molar-refractivity contribution in [3.8, 4) is 0 Å². The minimum absolute atomic E-state index is 0. The highest BCUT2D eigenvalue weighted by molar-refractivity contribution is 6.63. The molecule has 2 aromatic heterocycles. The van der Waals surface area contributed by atoms with Gasteiger partial charge in [0.05, 0.1) is 17.7 Å². The van der Waals surface area contributed by atoms with Gasteiger partial charge in [-0.2, -0.15) is 0 Å². The highest BCUT2D eigenvalue weighted by Gasteiger charge is 2.50. The van der Waals surface area contributed by atoms with E-state index in [4.69, 9.17) is 86.9 Å². The molecule has 0 aliphatic carbocycles. The summed E-state index contributed by atoms with van der Waals surface area (Å²) in [5.41, 5.74) is 12.1. The molecule has 62 heavy (non-hydrogen) atoms. The number of fused-ring (bicyclic) bond motifs is 2. The van der Waals surface area contributed by atoms with E-state index in [0.717, 1.165) is 61.3 Å². The Hall–Kier alpha value is -4.96. The van der Waals surface area contributed by atoms with Crippen LogP contribution in [0.1, 0.15) is 54.1 Å². The van der Waals surface area contributed by atoms with E-state index in [1.54, 1.807) is 78.9 Å². The van der Waals surface area contributed by atoms with E-state index in [1.165, 1.54) is 0 Å². The third-order valence-electron chi connectivity index (χ3n) is 9.21. The molecule has 6 aromatic carbocycles. The lowest BCUT2D eigenvalue weighted by Gasteiger charge is -2.47. The number of H-pyrrole nitrogens is 2. The third kappa shape index (κ3) is 13.0. The van der Waals surface area contributed by atoms with E-state index >= 15 is 0 Å². The van der Waals surface area contributed by atoms with Crippen molar-refractivity contribution in [1.82, 2.24) is 9.97 Å². The second-order valence-electron chi connectivity index (χ2n) is 13.4. The van der Waals surface area contributed by atoms with Gasteiger partial charge in [0.1, 0.15) is 0 Å². The van der Waals surface area contributed by atoms with Crippen molar-refractivity contribution in [3.05, 3.63) is 198 Å². The first-order valence-electron chi connectivity index (χ1n) is 18.1. The number of hydrogen-bond acceptors (Lipinski definition) is 4. The first kappa shape index (κ1) is 49.7. The number of aromatic nitrogens is 2. The molecule has 320 valence electrons. The number of carbonyl (C=O) groups is 3. The van der Waals surface area contributed by atoms with Crippen molar-refractivity contribution in [1.29, 1.82) is 0 Å². The van der Waals surface area contributed by atoms with Crippen LogP contribution in [0.4, 0.5) is 11.4 Å². The third-order valence-corrected chi connectivity index (χ3v) is 10.8. The first-order valence-corrected chi connectivity index (χ1v) is 20.7. The van der Waals surface area contributed by atoms with Crippen LogP contribution < -0.4 is 10.6 Å². The Kier molecular flexibility index (Phi) is 18.4. The van der Waals surface area contributed by atoms with Gasteiger partial charge in [0.25, 0.3) is 0 Å². The summed E-state index contributed by atoms with van der Waals surface area (Å²) in [5.74, 6) is -0.261. The van der Waals surface area contributed by atoms with Crippen LogP contribution in [-0.4, -0.2) is 27.4 Å². The number of amides is 1. The van der Waals surface area contributed by atoms with E-state index in [1.807, 2.05) is 65.6 Å². The zero-order valence-corrected chi connectivity index (χ0v) is 36.5. The van der Waals surface area contributed by atoms with Crippen LogP contribution in [0.2, 0.25) is 30.1 Å². The predicted molar refractivity (Wildman–Crippen MR) is 263 cm³/mol. The minimum atomic E-state index is -0.354. The highest BCUT2D eigenvalue weighted by atomic mass is 35.5. The zero-order chi connectivity index (χ0) is 42.9. The number of nitrogens with two attached hydrogens (primary N) is 1. The maximum Gasteiger partial charge on any atom is 0.237 e. The summed E-state index contributed by atoms with van der Waals surface area (Å²) in [4.78, 5) is 42.2. The molecule has 14 heteroatoms. The molecule has 9 rings (SSSR count). The Morgan fingerprint density at radius 3 is 1.55 bits per heavy atom. The Bertz CT molecular complexity index is 2660. The number of anilines is 2. The number of benzene rings is 6. The van der Waals surface area contributed by atoms with Gasteiger partial charge in [-0.25, -0.2) is 0 Å². The number of rotatable bonds is 6. The molecule has 1 saturated heterocycles. The van der Waals surface area contributed by atoms with E-state index in [2.05, 4.69) is 16.0 Å². The molecule has 2 atom stereocenters. The van der Waals surface area contributed by atoms with Crippen LogP contribution in [0.5, 0.6) is 0 Å². The minimum Gasteiger partial charge on any atom is -0.399 e. The fourth-order valence-corrected chi connectivity index (χ4v) is 7.39. The number of hydrogen-bond donors (Lipinski definition) is 3. The lowest BCUT2D eigenvalue weighted by Crippen LogP contribution is -2.53. The van der Waals surface area contributed by atoms with Crippen molar-refractivity contribution in [2.24, 2.45) is 0 Å². The molecular formula is C48H41Cl7N4O3. The van der Waals surface area contributed by atoms with Crippen molar-refractivity contribution in [2.45, 2.75) is 33.2 Å². The SMILES string of the molecule is C.C.Nc1ccc(Cl)cc1.O=C(Cl)Cc1ccc(Cl)cc1.O=C1C(c2ccc(Cl)cc2)C(c2cc3ccc(Cl)cc3[nH]2)N1c1ccc(Cl)cc1.O=Cc1cc2ccc(Cl)cc2[nH]1. The Balaban J connectivity index is 0.000000211. The summed E-state index contributed by atoms with van der Waals surface area (Å²) in [5, 5.41) is 5.69. The average Bonchev–Trinajstić information content (AvgIpc) is 3.84. The summed E-state index contributed by atoms with van der Waals surface area (Å²) < 4.78 is 0. The Labute approximate surface area is 395 Å². The van der Waals surface area contributed by atoms with E-state index in [-0.39, 0.29) is 44.4 Å². The Morgan fingerprint density at radius 2 is 1.05 bits per heavy atom. The van der Waals surface area contributed by atoms with Crippen LogP contribution in [0, 0.1) is 0 Å². The second-order valence-corrected chi connectivity index (χ2v) is 16.4. The number of nitrogen functional groups attached to an aromatic ring is 1. The second kappa shape index (κ2) is 22.9. The summed E-state index contributed by atoms with van der Waals surface area (Å²) >= 11 is 40.4. The number of carbonyl (C=O) groups excluding carboxylic acids is 3. The zero-order valence-electron chi connectivity index (χ0n) is 31.2. The van der Waals surface area contributed by atoms with Gasteiger partial charge in [-0.15, -0.1) is 0 Å². The van der Waals surface area contributed by atoms with Gasteiger partial charge in [0, 0.05) is 70.0 Å². The van der Waals surface area contributed by atoms with Gasteiger partial charge >= 0.3 is 0 Å². The molecule has 0 saturated carbocycles. The smallest absolute Gasteiger partial charge is 0.237 e. The Morgan fingerprint density at radius 1 is 0.597 bits per heavy atom. The first-order chi connectivity index (χ1) is 28.8. The fourth-order valence-electron chi connectivity index (χ4n) is 6.38.